The summed E-state index contributed by atoms with van der Waals surface area (Å²) in [6.07, 6.45) is 0. The van der Waals surface area contributed by atoms with Crippen molar-refractivity contribution >= 4 is 16.0 Å². The zero-order chi connectivity index (χ0) is 14.3. The van der Waals surface area contributed by atoms with E-state index in [1.807, 2.05) is 0 Å². The molecule has 0 aromatic carbocycles. The Morgan fingerprint density at radius 1 is 1.28 bits per heavy atom. The van der Waals surface area contributed by atoms with Crippen molar-refractivity contribution in [1.82, 2.24) is 9.71 Å². The molecule has 1 heterocycles. The second-order valence-electron chi connectivity index (χ2n) is 5.24. The van der Waals surface area contributed by atoms with E-state index in [0.29, 0.717) is 5.69 Å². The van der Waals surface area contributed by atoms with E-state index in [1.165, 1.54) is 13.8 Å². The normalized spacial score (nSPS) is 12.7. The number of hydrogen-bond donors (Lipinski definition) is 3. The molecule has 7 heteroatoms. The molecule has 1 aromatic rings. The van der Waals surface area contributed by atoms with Crippen LogP contribution in [0.1, 0.15) is 42.5 Å². The summed E-state index contributed by atoms with van der Waals surface area (Å²) in [6, 6.07) is 0. The van der Waals surface area contributed by atoms with Crippen molar-refractivity contribution in [3.8, 4) is 0 Å². The Hall–Kier alpha value is -1.34. The Morgan fingerprint density at radius 3 is 2.11 bits per heavy atom. The van der Waals surface area contributed by atoms with E-state index in [9.17, 15) is 13.2 Å². The van der Waals surface area contributed by atoms with E-state index in [0.717, 1.165) is 0 Å². The molecule has 0 amide bonds. The van der Waals surface area contributed by atoms with Crippen LogP contribution in [0.15, 0.2) is 4.90 Å². The highest BCUT2D eigenvalue weighted by atomic mass is 32.2. The first kappa shape index (κ1) is 14.7. The van der Waals surface area contributed by atoms with Crippen molar-refractivity contribution in [2.45, 2.75) is 45.1 Å². The number of aryl methyl sites for hydroxylation is 1. The van der Waals surface area contributed by atoms with Gasteiger partial charge in [-0.25, -0.2) is 17.9 Å². The highest BCUT2D eigenvalue weighted by molar-refractivity contribution is 7.89. The average Bonchev–Trinajstić information content (AvgIpc) is 2.37. The minimum Gasteiger partial charge on any atom is -0.477 e. The van der Waals surface area contributed by atoms with E-state index < -0.39 is 21.5 Å². The zero-order valence-electron chi connectivity index (χ0n) is 11.1. The first-order valence-corrected chi connectivity index (χ1v) is 6.90. The van der Waals surface area contributed by atoms with Crippen LogP contribution in [0.5, 0.6) is 0 Å². The number of sulfonamides is 1. The van der Waals surface area contributed by atoms with Crippen molar-refractivity contribution in [2.75, 3.05) is 0 Å². The van der Waals surface area contributed by atoms with Crippen molar-refractivity contribution in [3.63, 3.8) is 0 Å². The van der Waals surface area contributed by atoms with Gasteiger partial charge in [-0.1, -0.05) is 0 Å². The number of aromatic carboxylic acids is 1. The fraction of sp³-hybridized carbons (Fsp3) is 0.545. The van der Waals surface area contributed by atoms with E-state index in [1.54, 1.807) is 20.8 Å². The Balaban J connectivity index is 3.39. The smallest absolute Gasteiger partial charge is 0.352 e. The van der Waals surface area contributed by atoms with Gasteiger partial charge in [0.15, 0.2) is 0 Å². The van der Waals surface area contributed by atoms with Gasteiger partial charge in [0, 0.05) is 16.8 Å². The molecule has 0 bridgehead atoms. The molecule has 18 heavy (non-hydrogen) atoms. The van der Waals surface area contributed by atoms with Crippen molar-refractivity contribution in [1.29, 1.82) is 0 Å². The molecule has 0 saturated carbocycles. The number of carboxylic acids is 1. The third-order valence-electron chi connectivity index (χ3n) is 2.29. The number of carbonyl (C=O) groups is 1. The van der Waals surface area contributed by atoms with Crippen LogP contribution in [0, 0.1) is 13.8 Å². The molecule has 0 unspecified atom stereocenters. The fourth-order valence-corrected chi connectivity index (χ4v) is 3.67. The SMILES string of the molecule is Cc1[nH]c(C(=O)O)c(C)c1S(=O)(=O)NC(C)(C)C. The second-order valence-corrected chi connectivity index (χ2v) is 6.86. The monoisotopic (exact) mass is 274 g/mol. The highest BCUT2D eigenvalue weighted by Crippen LogP contribution is 2.24. The van der Waals surface area contributed by atoms with Crippen molar-refractivity contribution < 1.29 is 18.3 Å². The van der Waals surface area contributed by atoms with Gasteiger partial charge in [0.05, 0.1) is 0 Å². The van der Waals surface area contributed by atoms with Gasteiger partial charge in [0.25, 0.3) is 0 Å². The molecule has 0 aliphatic rings. The first-order valence-electron chi connectivity index (χ1n) is 5.42. The maximum Gasteiger partial charge on any atom is 0.352 e. The molecule has 1 aromatic heterocycles. The second kappa shape index (κ2) is 4.40. The summed E-state index contributed by atoms with van der Waals surface area (Å²) in [5.74, 6) is -1.17. The lowest BCUT2D eigenvalue weighted by Gasteiger charge is -2.20. The van der Waals surface area contributed by atoms with Crippen molar-refractivity contribution in [3.05, 3.63) is 17.0 Å². The molecule has 102 valence electrons. The predicted molar refractivity (Wildman–Crippen MR) is 67.3 cm³/mol. The van der Waals surface area contributed by atoms with Gasteiger partial charge in [0.1, 0.15) is 10.6 Å². The van der Waals surface area contributed by atoms with Crippen LogP contribution >= 0.6 is 0 Å². The number of hydrogen-bond acceptors (Lipinski definition) is 3. The Kier molecular flexibility index (Phi) is 3.60. The summed E-state index contributed by atoms with van der Waals surface area (Å²) in [4.78, 5) is 13.5. The molecule has 0 radical (unpaired) electrons. The molecule has 0 aliphatic carbocycles. The lowest BCUT2D eigenvalue weighted by molar-refractivity contribution is 0.0690. The molecular weight excluding hydrogens is 256 g/mol. The highest BCUT2D eigenvalue weighted by Gasteiger charge is 2.29. The fourth-order valence-electron chi connectivity index (χ4n) is 1.80. The first-order chi connectivity index (χ1) is 7.96. The van der Waals surface area contributed by atoms with Gasteiger partial charge in [0.2, 0.25) is 10.0 Å². The third kappa shape index (κ3) is 2.91. The minimum absolute atomic E-state index is 0.00910. The third-order valence-corrected chi connectivity index (χ3v) is 4.32. The summed E-state index contributed by atoms with van der Waals surface area (Å²) in [5.41, 5.74) is -0.182. The van der Waals surface area contributed by atoms with Gasteiger partial charge in [-0.3, -0.25) is 0 Å². The molecule has 6 nitrogen and oxygen atoms in total. The number of carboxylic acid groups (broad SMARTS) is 1. The molecular formula is C11H18N2O4S. The van der Waals surface area contributed by atoms with Crippen molar-refractivity contribution in [2.24, 2.45) is 0 Å². The summed E-state index contributed by atoms with van der Waals surface area (Å²) in [7, 11) is -3.74. The number of rotatable bonds is 3. The van der Waals surface area contributed by atoms with Crippen LogP contribution in [0.25, 0.3) is 0 Å². The van der Waals surface area contributed by atoms with E-state index in [-0.39, 0.29) is 16.2 Å². The number of aromatic nitrogens is 1. The van der Waals surface area contributed by atoms with Gasteiger partial charge < -0.3 is 10.1 Å². The van der Waals surface area contributed by atoms with Gasteiger partial charge in [-0.15, -0.1) is 0 Å². The molecule has 0 fully saturated rings. The van der Waals surface area contributed by atoms with Gasteiger partial charge >= 0.3 is 5.97 Å². The quantitative estimate of drug-likeness (QED) is 0.775. The standard InChI is InChI=1S/C11H18N2O4S/c1-6-8(10(14)15)12-7(2)9(6)18(16,17)13-11(3,4)5/h12-13H,1-5H3,(H,14,15). The van der Waals surface area contributed by atoms with Crippen LogP contribution in [-0.2, 0) is 10.0 Å². The van der Waals surface area contributed by atoms with Crippen LogP contribution in [-0.4, -0.2) is 30.0 Å². The van der Waals surface area contributed by atoms with E-state index in [2.05, 4.69) is 9.71 Å². The molecule has 0 saturated heterocycles. The number of nitrogens with one attached hydrogen (secondary N) is 2. The largest absolute Gasteiger partial charge is 0.477 e. The molecule has 0 aliphatic heterocycles. The topological polar surface area (TPSA) is 99.3 Å². The summed E-state index contributed by atoms with van der Waals surface area (Å²) in [5, 5.41) is 8.96. The molecule has 0 atom stereocenters. The predicted octanol–water partition coefficient (Wildman–Crippen LogP) is 1.41. The average molecular weight is 274 g/mol. The molecule has 0 spiro atoms. The van der Waals surface area contributed by atoms with Crippen LogP contribution in [0.4, 0.5) is 0 Å². The van der Waals surface area contributed by atoms with Crippen LogP contribution in [0.3, 0.4) is 0 Å². The Bertz CT molecular complexity index is 579. The number of H-pyrrole nitrogens is 1. The lowest BCUT2D eigenvalue weighted by Crippen LogP contribution is -2.40. The number of aromatic amines is 1. The van der Waals surface area contributed by atoms with E-state index in [4.69, 9.17) is 5.11 Å². The van der Waals surface area contributed by atoms with Gasteiger partial charge in [-0.2, -0.15) is 0 Å². The van der Waals surface area contributed by atoms with Gasteiger partial charge in [-0.05, 0) is 34.6 Å². The Labute approximate surface area is 106 Å². The minimum atomic E-state index is -3.74. The summed E-state index contributed by atoms with van der Waals surface area (Å²) >= 11 is 0. The maximum atomic E-state index is 12.2. The lowest BCUT2D eigenvalue weighted by atomic mass is 10.1. The molecule has 1 rings (SSSR count). The Morgan fingerprint density at radius 2 is 1.78 bits per heavy atom. The maximum absolute atomic E-state index is 12.2. The zero-order valence-corrected chi connectivity index (χ0v) is 11.9. The summed E-state index contributed by atoms with van der Waals surface area (Å²) < 4.78 is 26.9. The molecule has 3 N–H and O–H groups in total. The van der Waals surface area contributed by atoms with Crippen LogP contribution in [0.2, 0.25) is 0 Å². The summed E-state index contributed by atoms with van der Waals surface area (Å²) in [6.45, 7) is 8.18. The van der Waals surface area contributed by atoms with E-state index >= 15 is 0 Å². The van der Waals surface area contributed by atoms with Crippen LogP contribution < -0.4 is 4.72 Å².